The molecule has 0 aromatic heterocycles. The van der Waals surface area contributed by atoms with E-state index in [1.807, 2.05) is 11.8 Å². The summed E-state index contributed by atoms with van der Waals surface area (Å²) >= 11 is 5.38. The van der Waals surface area contributed by atoms with Gasteiger partial charge in [0.2, 0.25) is 0 Å². The van der Waals surface area contributed by atoms with Crippen LogP contribution in [0.3, 0.4) is 0 Å². The van der Waals surface area contributed by atoms with Gasteiger partial charge in [-0.2, -0.15) is 0 Å². The summed E-state index contributed by atoms with van der Waals surface area (Å²) in [5.41, 5.74) is 0. The third kappa shape index (κ3) is 5.05. The van der Waals surface area contributed by atoms with Crippen LogP contribution < -0.4 is 0 Å². The van der Waals surface area contributed by atoms with Gasteiger partial charge in [-0.15, -0.1) is 11.8 Å². The SMILES string of the molecule is CC[N+](C)(C)CCSc1ccc(Br)cc1. The van der Waals surface area contributed by atoms with Crippen LogP contribution in [0.2, 0.25) is 0 Å². The second-order valence-electron chi connectivity index (χ2n) is 4.28. The minimum absolute atomic E-state index is 1.10. The van der Waals surface area contributed by atoms with E-state index in [2.05, 4.69) is 61.2 Å². The van der Waals surface area contributed by atoms with Crippen LogP contribution in [-0.2, 0) is 0 Å². The highest BCUT2D eigenvalue weighted by molar-refractivity contribution is 9.10. The zero-order valence-corrected chi connectivity index (χ0v) is 12.1. The van der Waals surface area contributed by atoms with Gasteiger partial charge >= 0.3 is 0 Å². The van der Waals surface area contributed by atoms with E-state index < -0.39 is 0 Å². The van der Waals surface area contributed by atoms with Crippen LogP contribution in [-0.4, -0.2) is 37.4 Å². The summed E-state index contributed by atoms with van der Waals surface area (Å²) < 4.78 is 2.25. The highest BCUT2D eigenvalue weighted by atomic mass is 79.9. The van der Waals surface area contributed by atoms with Crippen molar-refractivity contribution in [3.8, 4) is 0 Å². The van der Waals surface area contributed by atoms with Crippen molar-refractivity contribution in [2.45, 2.75) is 11.8 Å². The Bertz CT molecular complexity index is 295. The maximum absolute atomic E-state index is 3.44. The average Bonchev–Trinajstić information content (AvgIpc) is 2.21. The van der Waals surface area contributed by atoms with Gasteiger partial charge in [-0.25, -0.2) is 0 Å². The lowest BCUT2D eigenvalue weighted by Gasteiger charge is -2.27. The molecule has 0 fully saturated rings. The molecule has 1 aromatic rings. The summed E-state index contributed by atoms with van der Waals surface area (Å²) in [4.78, 5) is 1.36. The van der Waals surface area contributed by atoms with Gasteiger partial charge in [0.25, 0.3) is 0 Å². The number of hydrogen-bond acceptors (Lipinski definition) is 1. The van der Waals surface area contributed by atoms with Crippen LogP contribution >= 0.6 is 27.7 Å². The molecule has 0 bridgehead atoms. The Morgan fingerprint density at radius 2 is 1.80 bits per heavy atom. The molecule has 84 valence electrons. The summed E-state index contributed by atoms with van der Waals surface area (Å²) in [5.74, 6) is 1.18. The molecule has 0 spiro atoms. The summed E-state index contributed by atoms with van der Waals surface area (Å²) in [6.07, 6.45) is 0. The van der Waals surface area contributed by atoms with Crippen molar-refractivity contribution >= 4 is 27.7 Å². The molecule has 0 N–H and O–H groups in total. The lowest BCUT2D eigenvalue weighted by atomic mass is 10.4. The first-order chi connectivity index (χ1) is 7.03. The third-order valence-corrected chi connectivity index (χ3v) is 4.16. The molecule has 0 aliphatic carbocycles. The number of benzene rings is 1. The molecule has 0 aliphatic rings. The Hall–Kier alpha value is 0.01000. The van der Waals surface area contributed by atoms with E-state index in [1.54, 1.807) is 0 Å². The second-order valence-corrected chi connectivity index (χ2v) is 6.36. The van der Waals surface area contributed by atoms with Crippen LogP contribution in [0.5, 0.6) is 0 Å². The predicted molar refractivity (Wildman–Crippen MR) is 72.4 cm³/mol. The van der Waals surface area contributed by atoms with E-state index in [4.69, 9.17) is 0 Å². The molecule has 1 nitrogen and oxygen atoms in total. The van der Waals surface area contributed by atoms with Crippen molar-refractivity contribution in [1.82, 2.24) is 0 Å². The predicted octanol–water partition coefficient (Wildman–Crippen LogP) is 3.64. The van der Waals surface area contributed by atoms with Gasteiger partial charge in [0.05, 0.1) is 27.2 Å². The van der Waals surface area contributed by atoms with E-state index in [0.29, 0.717) is 0 Å². The number of quaternary nitrogens is 1. The van der Waals surface area contributed by atoms with Crippen LogP contribution in [0.15, 0.2) is 33.6 Å². The first kappa shape index (κ1) is 13.1. The van der Waals surface area contributed by atoms with Crippen LogP contribution in [0, 0.1) is 0 Å². The highest BCUT2D eigenvalue weighted by Crippen LogP contribution is 2.20. The normalized spacial score (nSPS) is 11.7. The van der Waals surface area contributed by atoms with E-state index in [0.717, 1.165) is 8.96 Å². The minimum atomic E-state index is 1.10. The molecule has 3 heteroatoms. The van der Waals surface area contributed by atoms with Crippen LogP contribution in [0.1, 0.15) is 6.92 Å². The second kappa shape index (κ2) is 5.92. The highest BCUT2D eigenvalue weighted by Gasteiger charge is 2.10. The Kier molecular flexibility index (Phi) is 5.16. The molecule has 1 rings (SSSR count). The van der Waals surface area contributed by atoms with Gasteiger partial charge in [0, 0.05) is 15.1 Å². The van der Waals surface area contributed by atoms with Crippen molar-refractivity contribution in [3.63, 3.8) is 0 Å². The van der Waals surface area contributed by atoms with Crippen molar-refractivity contribution < 1.29 is 4.48 Å². The van der Waals surface area contributed by atoms with E-state index in [1.165, 1.54) is 23.7 Å². The van der Waals surface area contributed by atoms with Gasteiger partial charge in [0.15, 0.2) is 0 Å². The number of hydrogen-bond donors (Lipinski definition) is 0. The third-order valence-electron chi connectivity index (χ3n) is 2.64. The zero-order valence-electron chi connectivity index (χ0n) is 9.66. The minimum Gasteiger partial charge on any atom is -0.328 e. The molecule has 1 aromatic carbocycles. The average molecular weight is 289 g/mol. The number of halogens is 1. The molecule has 0 aliphatic heterocycles. The molecule has 0 saturated heterocycles. The maximum atomic E-state index is 3.44. The summed E-state index contributed by atoms with van der Waals surface area (Å²) in [6, 6.07) is 8.53. The van der Waals surface area contributed by atoms with Gasteiger partial charge in [-0.05, 0) is 31.2 Å². The largest absolute Gasteiger partial charge is 0.328 e. The molecule has 0 amide bonds. The number of thioether (sulfide) groups is 1. The number of rotatable bonds is 5. The molecule has 0 atom stereocenters. The van der Waals surface area contributed by atoms with Gasteiger partial charge in [-0.3, -0.25) is 0 Å². The fourth-order valence-electron chi connectivity index (χ4n) is 1.10. The quantitative estimate of drug-likeness (QED) is 0.589. The molecule has 0 unspecified atom stereocenters. The van der Waals surface area contributed by atoms with Gasteiger partial charge < -0.3 is 4.48 Å². The van der Waals surface area contributed by atoms with Crippen molar-refractivity contribution in [2.24, 2.45) is 0 Å². The summed E-state index contributed by atoms with van der Waals surface area (Å²) in [7, 11) is 4.56. The molecular formula is C12H19BrNS+. The Labute approximate surface area is 106 Å². The molecule has 0 radical (unpaired) electrons. The smallest absolute Gasteiger partial charge is 0.0877 e. The van der Waals surface area contributed by atoms with E-state index in [9.17, 15) is 0 Å². The summed E-state index contributed by atoms with van der Waals surface area (Å²) in [6.45, 7) is 4.66. The van der Waals surface area contributed by atoms with E-state index in [-0.39, 0.29) is 0 Å². The van der Waals surface area contributed by atoms with E-state index >= 15 is 0 Å². The number of nitrogens with zero attached hydrogens (tertiary/aromatic N) is 1. The molecular weight excluding hydrogens is 270 g/mol. The topological polar surface area (TPSA) is 0 Å². The Morgan fingerprint density at radius 1 is 1.20 bits per heavy atom. The van der Waals surface area contributed by atoms with Crippen molar-refractivity contribution in [2.75, 3.05) is 32.9 Å². The first-order valence-corrected chi connectivity index (χ1v) is 7.02. The lowest BCUT2D eigenvalue weighted by molar-refractivity contribution is -0.885. The Morgan fingerprint density at radius 3 is 2.33 bits per heavy atom. The maximum Gasteiger partial charge on any atom is 0.0877 e. The fraction of sp³-hybridized carbons (Fsp3) is 0.500. The first-order valence-electron chi connectivity index (χ1n) is 5.24. The molecule has 0 heterocycles. The van der Waals surface area contributed by atoms with Crippen molar-refractivity contribution in [1.29, 1.82) is 0 Å². The van der Waals surface area contributed by atoms with Crippen molar-refractivity contribution in [3.05, 3.63) is 28.7 Å². The molecule has 15 heavy (non-hydrogen) atoms. The fourth-order valence-corrected chi connectivity index (χ4v) is 2.51. The molecule has 0 saturated carbocycles. The standard InChI is InChI=1S/C12H19BrNS/c1-4-14(2,3)9-10-15-12-7-5-11(13)6-8-12/h5-8H,4,9-10H2,1-3H3/q+1. The van der Waals surface area contributed by atoms with Gasteiger partial charge in [0.1, 0.15) is 0 Å². The van der Waals surface area contributed by atoms with Crippen LogP contribution in [0.25, 0.3) is 0 Å². The van der Waals surface area contributed by atoms with Crippen LogP contribution in [0.4, 0.5) is 0 Å². The summed E-state index contributed by atoms with van der Waals surface area (Å²) in [5, 5.41) is 0. The monoisotopic (exact) mass is 288 g/mol. The van der Waals surface area contributed by atoms with Gasteiger partial charge in [-0.1, -0.05) is 15.9 Å². The Balaban J connectivity index is 2.35. The zero-order chi connectivity index (χ0) is 11.3. The lowest BCUT2D eigenvalue weighted by Crippen LogP contribution is -2.40.